The summed E-state index contributed by atoms with van der Waals surface area (Å²) in [6.45, 7) is 3.49. The highest BCUT2D eigenvalue weighted by atomic mass is 16.5. The number of amides is 2. The Bertz CT molecular complexity index is 777. The molecule has 25 heavy (non-hydrogen) atoms. The van der Waals surface area contributed by atoms with Gasteiger partial charge in [0.1, 0.15) is 5.75 Å². The van der Waals surface area contributed by atoms with Gasteiger partial charge in [0.05, 0.1) is 18.4 Å². The third kappa shape index (κ3) is 3.83. The molecular weight excluding hydrogens is 328 g/mol. The number of aromatic carboxylic acids is 1. The van der Waals surface area contributed by atoms with Crippen LogP contribution in [0.15, 0.2) is 12.1 Å². The average molecular weight is 346 g/mol. The molecule has 0 saturated carbocycles. The van der Waals surface area contributed by atoms with Gasteiger partial charge >= 0.3 is 12.1 Å². The molecule has 0 spiro atoms. The lowest BCUT2D eigenvalue weighted by molar-refractivity contribution is -0.125. The van der Waals surface area contributed by atoms with Gasteiger partial charge < -0.3 is 24.8 Å². The van der Waals surface area contributed by atoms with Crippen LogP contribution in [0.5, 0.6) is 5.75 Å². The molecule has 1 aromatic rings. The normalized spacial score (nSPS) is 15.4. The summed E-state index contributed by atoms with van der Waals surface area (Å²) in [5.74, 6) is 4.27. The number of methoxy groups -OCH3 is 1. The number of alkyl carbamates (subject to hydrolysis) is 1. The fourth-order valence-corrected chi connectivity index (χ4v) is 2.44. The Morgan fingerprint density at radius 2 is 2.16 bits per heavy atom. The molecule has 8 nitrogen and oxygen atoms in total. The maximum absolute atomic E-state index is 12.4. The highest BCUT2D eigenvalue weighted by Crippen LogP contribution is 2.36. The Balaban J connectivity index is 2.41. The fraction of sp³-hybridized carbons (Fsp3) is 0.353. The smallest absolute Gasteiger partial charge is 0.406 e. The molecule has 1 atom stereocenters. The number of benzene rings is 1. The van der Waals surface area contributed by atoms with Gasteiger partial charge in [-0.1, -0.05) is 5.92 Å². The molecule has 0 aliphatic carbocycles. The van der Waals surface area contributed by atoms with E-state index < -0.39 is 18.2 Å². The van der Waals surface area contributed by atoms with Crippen molar-refractivity contribution in [2.45, 2.75) is 20.0 Å². The van der Waals surface area contributed by atoms with E-state index in [0.29, 0.717) is 17.0 Å². The largest absolute Gasteiger partial charge is 0.479 e. The standard InChI is InChI=1S/C17H18N2O6/c1-4-5-11-8-14-13(9-12(11)16(21)22)19(15(20)10(2)25-14)7-6-18-17(23)24-3/h8-10H,6-7H2,1-3H3,(H,18,23)(H,21,22)/t10-/m1/s1. The predicted molar refractivity (Wildman–Crippen MR) is 88.8 cm³/mol. The summed E-state index contributed by atoms with van der Waals surface area (Å²) in [5, 5.41) is 11.9. The average Bonchev–Trinajstić information content (AvgIpc) is 2.57. The Morgan fingerprint density at radius 1 is 1.44 bits per heavy atom. The lowest BCUT2D eigenvalue weighted by atomic mass is 10.0. The summed E-state index contributed by atoms with van der Waals surface area (Å²) >= 11 is 0. The molecule has 132 valence electrons. The summed E-state index contributed by atoms with van der Waals surface area (Å²) in [5.41, 5.74) is 0.613. The minimum Gasteiger partial charge on any atom is -0.479 e. The van der Waals surface area contributed by atoms with Crippen LogP contribution in [0, 0.1) is 11.8 Å². The number of carboxylic acids is 1. The molecule has 1 aliphatic rings. The summed E-state index contributed by atoms with van der Waals surface area (Å²) in [7, 11) is 1.24. The van der Waals surface area contributed by atoms with Gasteiger partial charge in [-0.15, -0.1) is 5.92 Å². The summed E-state index contributed by atoms with van der Waals surface area (Å²) in [6.07, 6.45) is -1.35. The third-order valence-corrected chi connectivity index (χ3v) is 3.59. The SMILES string of the molecule is CC#Cc1cc2c(cc1C(=O)O)N(CCNC(=O)OC)C(=O)[C@@H](C)O2. The first-order valence-electron chi connectivity index (χ1n) is 7.53. The number of nitrogens with one attached hydrogen (secondary N) is 1. The van der Waals surface area contributed by atoms with Crippen LogP contribution in [0.2, 0.25) is 0 Å². The fourth-order valence-electron chi connectivity index (χ4n) is 2.44. The van der Waals surface area contributed by atoms with E-state index in [1.54, 1.807) is 13.8 Å². The van der Waals surface area contributed by atoms with Crippen molar-refractivity contribution >= 4 is 23.7 Å². The molecule has 0 aromatic heterocycles. The van der Waals surface area contributed by atoms with E-state index in [4.69, 9.17) is 4.74 Å². The minimum atomic E-state index is -1.15. The van der Waals surface area contributed by atoms with E-state index in [-0.39, 0.29) is 24.6 Å². The van der Waals surface area contributed by atoms with E-state index in [1.165, 1.54) is 24.1 Å². The van der Waals surface area contributed by atoms with E-state index >= 15 is 0 Å². The molecule has 1 aromatic carbocycles. The van der Waals surface area contributed by atoms with Gasteiger partial charge in [-0.05, 0) is 26.0 Å². The van der Waals surface area contributed by atoms with Crippen LogP contribution < -0.4 is 15.0 Å². The number of rotatable bonds is 4. The molecule has 1 heterocycles. The quantitative estimate of drug-likeness (QED) is 0.795. The molecule has 2 rings (SSSR count). The zero-order valence-electron chi connectivity index (χ0n) is 14.1. The molecule has 2 amide bonds. The second-order valence-electron chi connectivity index (χ2n) is 5.21. The number of hydrogen-bond donors (Lipinski definition) is 2. The predicted octanol–water partition coefficient (Wildman–Crippen LogP) is 1.23. The maximum Gasteiger partial charge on any atom is 0.406 e. The number of carboxylic acid groups (broad SMARTS) is 1. The van der Waals surface area contributed by atoms with Crippen molar-refractivity contribution in [1.82, 2.24) is 5.32 Å². The van der Waals surface area contributed by atoms with E-state index in [9.17, 15) is 19.5 Å². The van der Waals surface area contributed by atoms with Crippen molar-refractivity contribution < 1.29 is 29.0 Å². The van der Waals surface area contributed by atoms with Gasteiger partial charge in [-0.25, -0.2) is 9.59 Å². The van der Waals surface area contributed by atoms with Gasteiger partial charge in [-0.2, -0.15) is 0 Å². The monoisotopic (exact) mass is 346 g/mol. The van der Waals surface area contributed by atoms with Crippen molar-refractivity contribution in [2.24, 2.45) is 0 Å². The molecule has 0 fully saturated rings. The van der Waals surface area contributed by atoms with E-state index in [0.717, 1.165) is 0 Å². The summed E-state index contributed by atoms with van der Waals surface area (Å²) in [4.78, 5) is 36.4. The molecule has 0 radical (unpaired) electrons. The van der Waals surface area contributed by atoms with Crippen LogP contribution in [0.25, 0.3) is 0 Å². The van der Waals surface area contributed by atoms with Gasteiger partial charge in [0, 0.05) is 18.7 Å². The third-order valence-electron chi connectivity index (χ3n) is 3.59. The van der Waals surface area contributed by atoms with Crippen LogP contribution in [0.3, 0.4) is 0 Å². The zero-order valence-corrected chi connectivity index (χ0v) is 14.1. The number of anilines is 1. The van der Waals surface area contributed by atoms with Gasteiger partial charge in [-0.3, -0.25) is 4.79 Å². The number of ether oxygens (including phenoxy) is 2. The Morgan fingerprint density at radius 3 is 2.76 bits per heavy atom. The number of hydrogen-bond acceptors (Lipinski definition) is 5. The molecule has 8 heteroatoms. The highest BCUT2D eigenvalue weighted by molar-refractivity contribution is 6.02. The van der Waals surface area contributed by atoms with Crippen molar-refractivity contribution in [3.05, 3.63) is 23.3 Å². The van der Waals surface area contributed by atoms with E-state index in [2.05, 4.69) is 21.9 Å². The Kier molecular flexibility index (Phi) is 5.49. The van der Waals surface area contributed by atoms with Gasteiger partial charge in [0.2, 0.25) is 0 Å². The first-order chi connectivity index (χ1) is 11.9. The molecule has 0 bridgehead atoms. The Labute approximate surface area is 144 Å². The van der Waals surface area contributed by atoms with Crippen molar-refractivity contribution in [3.63, 3.8) is 0 Å². The summed E-state index contributed by atoms with van der Waals surface area (Å²) < 4.78 is 10.1. The van der Waals surface area contributed by atoms with Crippen LogP contribution >= 0.6 is 0 Å². The zero-order chi connectivity index (χ0) is 18.6. The number of carbonyl (C=O) groups excluding carboxylic acids is 2. The second-order valence-corrected chi connectivity index (χ2v) is 5.21. The van der Waals surface area contributed by atoms with Crippen LogP contribution in [0.1, 0.15) is 29.8 Å². The van der Waals surface area contributed by atoms with Crippen LogP contribution in [-0.2, 0) is 9.53 Å². The number of carbonyl (C=O) groups is 3. The number of fused-ring (bicyclic) bond motifs is 1. The van der Waals surface area contributed by atoms with Gasteiger partial charge in [0.15, 0.2) is 6.10 Å². The van der Waals surface area contributed by atoms with E-state index in [1.807, 2.05) is 0 Å². The molecular formula is C17H18N2O6. The highest BCUT2D eigenvalue weighted by Gasteiger charge is 2.32. The first-order valence-corrected chi connectivity index (χ1v) is 7.53. The van der Waals surface area contributed by atoms with Crippen molar-refractivity contribution in [1.29, 1.82) is 0 Å². The minimum absolute atomic E-state index is 0.0232. The van der Waals surface area contributed by atoms with Gasteiger partial charge in [0.25, 0.3) is 5.91 Å². The van der Waals surface area contributed by atoms with Crippen LogP contribution in [-0.4, -0.2) is 49.4 Å². The topological polar surface area (TPSA) is 105 Å². The second kappa shape index (κ2) is 7.57. The molecule has 0 saturated heterocycles. The van der Waals surface area contributed by atoms with Crippen molar-refractivity contribution in [3.8, 4) is 17.6 Å². The lowest BCUT2D eigenvalue weighted by Crippen LogP contribution is -2.47. The Hall–Kier alpha value is -3.21. The van der Waals surface area contributed by atoms with Crippen LogP contribution in [0.4, 0.5) is 10.5 Å². The summed E-state index contributed by atoms with van der Waals surface area (Å²) in [6, 6.07) is 2.87. The molecule has 1 aliphatic heterocycles. The number of nitrogens with zero attached hydrogens (tertiary/aromatic N) is 1. The maximum atomic E-state index is 12.4. The molecule has 2 N–H and O–H groups in total. The molecule has 0 unspecified atom stereocenters. The lowest BCUT2D eigenvalue weighted by Gasteiger charge is -2.33. The first kappa shape index (κ1) is 18.1. The van der Waals surface area contributed by atoms with Crippen molar-refractivity contribution in [2.75, 3.05) is 25.1 Å².